The lowest BCUT2D eigenvalue weighted by Gasteiger charge is -2.08. The molecule has 132 valence electrons. The molecule has 0 spiro atoms. The number of esters is 1. The Balaban J connectivity index is 1.66. The molecule has 0 atom stereocenters. The van der Waals surface area contributed by atoms with Gasteiger partial charge in [0.25, 0.3) is 5.91 Å². The molecule has 2 rings (SSSR count). The summed E-state index contributed by atoms with van der Waals surface area (Å²) in [6, 6.07) is 13.6. The highest BCUT2D eigenvalue weighted by Crippen LogP contribution is 2.19. The van der Waals surface area contributed by atoms with E-state index in [1.807, 2.05) is 25.1 Å². The Bertz CT molecular complexity index is 719. The van der Waals surface area contributed by atoms with E-state index in [4.69, 9.17) is 4.74 Å². The summed E-state index contributed by atoms with van der Waals surface area (Å²) >= 11 is 1.43. The summed E-state index contributed by atoms with van der Waals surface area (Å²) in [5, 5.41) is 2.70. The molecule has 0 saturated heterocycles. The molecule has 4 nitrogen and oxygen atoms in total. The molecule has 0 aliphatic carbocycles. The normalized spacial score (nSPS) is 10.3. The van der Waals surface area contributed by atoms with Crippen molar-refractivity contribution in [3.05, 3.63) is 59.9 Å². The molecule has 0 unspecified atom stereocenters. The van der Waals surface area contributed by atoms with Crippen LogP contribution in [0, 0.1) is 5.82 Å². The van der Waals surface area contributed by atoms with Crippen molar-refractivity contribution in [1.29, 1.82) is 0 Å². The van der Waals surface area contributed by atoms with E-state index < -0.39 is 5.97 Å². The van der Waals surface area contributed by atoms with Gasteiger partial charge in [0.15, 0.2) is 6.61 Å². The fourth-order valence-electron chi connectivity index (χ4n) is 2.07. The van der Waals surface area contributed by atoms with Gasteiger partial charge in [-0.15, -0.1) is 11.8 Å². The number of ether oxygens (including phenoxy) is 1. The third-order valence-corrected chi connectivity index (χ3v) is 4.39. The highest BCUT2D eigenvalue weighted by atomic mass is 32.2. The van der Waals surface area contributed by atoms with Gasteiger partial charge in [-0.1, -0.05) is 19.1 Å². The molecule has 2 aromatic rings. The zero-order valence-electron chi connectivity index (χ0n) is 14.0. The minimum Gasteiger partial charge on any atom is -0.456 e. The third-order valence-electron chi connectivity index (χ3n) is 3.37. The van der Waals surface area contributed by atoms with Gasteiger partial charge < -0.3 is 10.1 Å². The first-order chi connectivity index (χ1) is 12.1. The lowest BCUT2D eigenvalue weighted by molar-refractivity contribution is -0.146. The maximum Gasteiger partial charge on any atom is 0.307 e. The number of halogens is 1. The number of rotatable bonds is 8. The maximum atomic E-state index is 12.8. The fourth-order valence-corrected chi connectivity index (χ4v) is 2.90. The number of hydrogen-bond acceptors (Lipinski definition) is 4. The zero-order valence-corrected chi connectivity index (χ0v) is 14.8. The van der Waals surface area contributed by atoms with Crippen LogP contribution in [-0.4, -0.2) is 24.2 Å². The van der Waals surface area contributed by atoms with Gasteiger partial charge in [-0.3, -0.25) is 9.59 Å². The summed E-state index contributed by atoms with van der Waals surface area (Å²) in [6.45, 7) is 1.73. The van der Waals surface area contributed by atoms with Gasteiger partial charge in [0.1, 0.15) is 5.82 Å². The molecule has 1 N–H and O–H groups in total. The van der Waals surface area contributed by atoms with Crippen molar-refractivity contribution in [1.82, 2.24) is 0 Å². The van der Waals surface area contributed by atoms with Gasteiger partial charge in [0.2, 0.25) is 0 Å². The lowest BCUT2D eigenvalue weighted by Crippen LogP contribution is -2.21. The molecule has 0 fully saturated rings. The molecule has 0 aliphatic heterocycles. The monoisotopic (exact) mass is 361 g/mol. The number of nitrogens with one attached hydrogen (secondary N) is 1. The van der Waals surface area contributed by atoms with Gasteiger partial charge in [-0.25, -0.2) is 4.39 Å². The number of hydrogen-bond donors (Lipinski definition) is 1. The minimum absolute atomic E-state index is 0.181. The molecule has 0 saturated carbocycles. The van der Waals surface area contributed by atoms with Gasteiger partial charge in [-0.05, 0) is 48.4 Å². The number of carbonyl (C=O) groups is 2. The zero-order chi connectivity index (χ0) is 18.1. The largest absolute Gasteiger partial charge is 0.456 e. The molecule has 0 aromatic heterocycles. The predicted octanol–water partition coefficient (Wildman–Crippen LogP) is 4.05. The first-order valence-corrected chi connectivity index (χ1v) is 8.98. The van der Waals surface area contributed by atoms with E-state index in [1.54, 1.807) is 18.2 Å². The van der Waals surface area contributed by atoms with Crippen LogP contribution >= 0.6 is 11.8 Å². The van der Waals surface area contributed by atoms with Crippen molar-refractivity contribution in [3.63, 3.8) is 0 Å². The van der Waals surface area contributed by atoms with Gasteiger partial charge in [0.05, 0.1) is 6.42 Å². The Morgan fingerprint density at radius 3 is 2.64 bits per heavy atom. The standard InChI is InChI=1S/C19H20FNO3S/c1-2-14-4-3-5-16(12-14)21-18(22)13-24-19(23)10-11-25-17-8-6-15(20)7-9-17/h3-9,12H,2,10-11,13H2,1H3,(H,21,22). The Hall–Kier alpha value is -2.34. The van der Waals surface area contributed by atoms with Crippen molar-refractivity contribution < 1.29 is 18.7 Å². The van der Waals surface area contributed by atoms with Crippen LogP contribution in [0.25, 0.3) is 0 Å². The highest BCUT2D eigenvalue weighted by molar-refractivity contribution is 7.99. The van der Waals surface area contributed by atoms with Crippen molar-refractivity contribution in [3.8, 4) is 0 Å². The molecule has 0 heterocycles. The summed E-state index contributed by atoms with van der Waals surface area (Å²) in [5.41, 5.74) is 1.81. The van der Waals surface area contributed by atoms with Gasteiger partial charge in [0, 0.05) is 16.3 Å². The summed E-state index contributed by atoms with van der Waals surface area (Å²) in [5.74, 6) is -0.593. The van der Waals surface area contributed by atoms with E-state index in [0.717, 1.165) is 16.9 Å². The second-order valence-electron chi connectivity index (χ2n) is 5.32. The number of anilines is 1. The second kappa shape index (κ2) is 9.84. The second-order valence-corrected chi connectivity index (χ2v) is 6.48. The van der Waals surface area contributed by atoms with Gasteiger partial charge >= 0.3 is 5.97 Å². The average Bonchev–Trinajstić information content (AvgIpc) is 2.62. The maximum absolute atomic E-state index is 12.8. The van der Waals surface area contributed by atoms with Crippen molar-refractivity contribution in [2.75, 3.05) is 17.7 Å². The van der Waals surface area contributed by atoms with E-state index in [-0.39, 0.29) is 24.8 Å². The SMILES string of the molecule is CCc1cccc(NC(=O)COC(=O)CCSc2ccc(F)cc2)c1. The fraction of sp³-hybridized carbons (Fsp3) is 0.263. The van der Waals surface area contributed by atoms with Crippen LogP contribution in [0.3, 0.4) is 0 Å². The summed E-state index contributed by atoms with van der Waals surface area (Å²) in [7, 11) is 0. The van der Waals surface area contributed by atoms with Crippen LogP contribution in [-0.2, 0) is 20.7 Å². The molecule has 25 heavy (non-hydrogen) atoms. The van der Waals surface area contributed by atoms with Crippen molar-refractivity contribution in [2.45, 2.75) is 24.7 Å². The van der Waals surface area contributed by atoms with Crippen LogP contribution in [0.4, 0.5) is 10.1 Å². The number of thioether (sulfide) groups is 1. The number of amides is 1. The number of carbonyl (C=O) groups excluding carboxylic acids is 2. The topological polar surface area (TPSA) is 55.4 Å². The molecule has 0 bridgehead atoms. The molecular formula is C19H20FNO3S. The molecular weight excluding hydrogens is 341 g/mol. The van der Waals surface area contributed by atoms with Crippen molar-refractivity contribution >= 4 is 29.3 Å². The number of benzene rings is 2. The van der Waals surface area contributed by atoms with Crippen LogP contribution in [0.2, 0.25) is 0 Å². The predicted molar refractivity (Wildman–Crippen MR) is 97.1 cm³/mol. The van der Waals surface area contributed by atoms with Gasteiger partial charge in [-0.2, -0.15) is 0 Å². The Kier molecular flexibility index (Phi) is 7.47. The Labute approximate surface area is 150 Å². The molecule has 6 heteroatoms. The van der Waals surface area contributed by atoms with Crippen LogP contribution in [0.15, 0.2) is 53.4 Å². The van der Waals surface area contributed by atoms with E-state index in [9.17, 15) is 14.0 Å². The molecule has 0 radical (unpaired) electrons. The van der Waals surface area contributed by atoms with E-state index in [2.05, 4.69) is 5.32 Å². The first-order valence-electron chi connectivity index (χ1n) is 7.99. The molecule has 0 aliphatic rings. The van der Waals surface area contributed by atoms with Crippen LogP contribution in [0.1, 0.15) is 18.9 Å². The first kappa shape index (κ1) is 19.0. The number of aryl methyl sites for hydroxylation is 1. The third kappa shape index (κ3) is 6.97. The minimum atomic E-state index is -0.438. The smallest absolute Gasteiger partial charge is 0.307 e. The average molecular weight is 361 g/mol. The summed E-state index contributed by atoms with van der Waals surface area (Å²) in [4.78, 5) is 24.4. The summed E-state index contributed by atoms with van der Waals surface area (Å²) < 4.78 is 17.8. The van der Waals surface area contributed by atoms with E-state index in [1.165, 1.54) is 23.9 Å². The molecule has 2 aromatic carbocycles. The van der Waals surface area contributed by atoms with Crippen LogP contribution in [0.5, 0.6) is 0 Å². The quantitative estimate of drug-likeness (QED) is 0.569. The Morgan fingerprint density at radius 1 is 1.16 bits per heavy atom. The highest BCUT2D eigenvalue weighted by Gasteiger charge is 2.08. The molecule has 1 amide bonds. The summed E-state index contributed by atoms with van der Waals surface area (Å²) in [6.07, 6.45) is 1.06. The van der Waals surface area contributed by atoms with Crippen LogP contribution < -0.4 is 5.32 Å². The van der Waals surface area contributed by atoms with Crippen molar-refractivity contribution in [2.24, 2.45) is 0 Å². The Morgan fingerprint density at radius 2 is 1.92 bits per heavy atom. The van der Waals surface area contributed by atoms with E-state index >= 15 is 0 Å². The van der Waals surface area contributed by atoms with E-state index in [0.29, 0.717) is 11.4 Å². The lowest BCUT2D eigenvalue weighted by atomic mass is 10.1.